The van der Waals surface area contributed by atoms with Gasteiger partial charge < -0.3 is 24.3 Å². The molecule has 1 aromatic rings. The first-order valence-electron chi connectivity index (χ1n) is 8.91. The molecule has 3 rings (SSSR count). The molecule has 0 aromatic carbocycles. The maximum atomic E-state index is 5.94. The first-order valence-corrected chi connectivity index (χ1v) is 8.91. The average molecular weight is 348 g/mol. The number of hydrogen-bond donors (Lipinski definition) is 1. The third-order valence-electron chi connectivity index (χ3n) is 4.73. The van der Waals surface area contributed by atoms with Gasteiger partial charge in [-0.05, 0) is 19.8 Å². The highest BCUT2D eigenvalue weighted by Crippen LogP contribution is 2.21. The molecule has 0 bridgehead atoms. The van der Waals surface area contributed by atoms with Crippen molar-refractivity contribution in [3.05, 3.63) is 24.3 Å². The molecule has 8 nitrogen and oxygen atoms in total. The summed E-state index contributed by atoms with van der Waals surface area (Å²) in [6.45, 7) is 9.98. The van der Waals surface area contributed by atoms with Gasteiger partial charge >= 0.3 is 0 Å². The predicted molar refractivity (Wildman–Crippen MR) is 95.4 cm³/mol. The van der Waals surface area contributed by atoms with Crippen LogP contribution in [0, 0.1) is 6.92 Å². The minimum absolute atomic E-state index is 0.101. The van der Waals surface area contributed by atoms with Gasteiger partial charge in [0.05, 0.1) is 12.7 Å². The Kier molecular flexibility index (Phi) is 6.04. The predicted octanol–water partition coefficient (Wildman–Crippen LogP) is 0.635. The molecule has 2 unspecified atom stereocenters. The third-order valence-corrected chi connectivity index (χ3v) is 4.73. The first kappa shape index (κ1) is 17.9. The molecule has 2 aliphatic rings. The second-order valence-electron chi connectivity index (χ2n) is 6.44. The summed E-state index contributed by atoms with van der Waals surface area (Å²) in [6, 6.07) is 0. The smallest absolute Gasteiger partial charge is 0.194 e. The Labute approximate surface area is 148 Å². The Hall–Kier alpha value is -1.93. The van der Waals surface area contributed by atoms with Gasteiger partial charge in [0.2, 0.25) is 0 Å². The van der Waals surface area contributed by atoms with E-state index in [1.54, 1.807) is 0 Å². The van der Waals surface area contributed by atoms with E-state index in [0.29, 0.717) is 19.7 Å². The number of rotatable bonds is 5. The molecule has 0 amide bonds. The van der Waals surface area contributed by atoms with Crippen LogP contribution in [-0.4, -0.2) is 70.7 Å². The van der Waals surface area contributed by atoms with E-state index >= 15 is 0 Å². The zero-order valence-electron chi connectivity index (χ0n) is 15.1. The fourth-order valence-electron chi connectivity index (χ4n) is 3.15. The summed E-state index contributed by atoms with van der Waals surface area (Å²) >= 11 is 0. The number of nitrogens with zero attached hydrogens (tertiary/aromatic N) is 5. The largest absolute Gasteiger partial charge is 0.375 e. The van der Waals surface area contributed by atoms with Crippen LogP contribution in [0.5, 0.6) is 0 Å². The van der Waals surface area contributed by atoms with E-state index < -0.39 is 0 Å². The number of morpholine rings is 1. The minimum Gasteiger partial charge on any atom is -0.375 e. The lowest BCUT2D eigenvalue weighted by Gasteiger charge is -2.37. The number of ether oxygens (including phenoxy) is 2. The van der Waals surface area contributed by atoms with Crippen LogP contribution >= 0.6 is 0 Å². The van der Waals surface area contributed by atoms with Crippen LogP contribution in [0.1, 0.15) is 24.5 Å². The van der Waals surface area contributed by atoms with Crippen molar-refractivity contribution in [1.82, 2.24) is 25.0 Å². The Morgan fingerprint density at radius 2 is 2.20 bits per heavy atom. The van der Waals surface area contributed by atoms with E-state index in [0.717, 1.165) is 50.1 Å². The molecule has 3 heterocycles. The van der Waals surface area contributed by atoms with E-state index in [2.05, 4.69) is 27.0 Å². The van der Waals surface area contributed by atoms with Gasteiger partial charge in [0.1, 0.15) is 18.5 Å². The van der Waals surface area contributed by atoms with Crippen LogP contribution in [0.25, 0.3) is 0 Å². The molecule has 2 saturated heterocycles. The second-order valence-corrected chi connectivity index (χ2v) is 6.44. The van der Waals surface area contributed by atoms with Crippen molar-refractivity contribution >= 4 is 5.96 Å². The lowest BCUT2D eigenvalue weighted by Crippen LogP contribution is -2.53. The van der Waals surface area contributed by atoms with Crippen LogP contribution in [0.2, 0.25) is 0 Å². The summed E-state index contributed by atoms with van der Waals surface area (Å²) in [4.78, 5) is 6.99. The molecular formula is C17H28N6O2. The molecule has 2 aliphatic heterocycles. The zero-order chi connectivity index (χ0) is 17.6. The van der Waals surface area contributed by atoms with E-state index in [-0.39, 0.29) is 12.2 Å². The molecule has 138 valence electrons. The minimum atomic E-state index is 0.101. The molecule has 0 saturated carbocycles. The molecule has 0 radical (unpaired) electrons. The molecule has 0 aliphatic carbocycles. The fraction of sp³-hybridized carbons (Fsp3) is 0.706. The third kappa shape index (κ3) is 4.38. The van der Waals surface area contributed by atoms with E-state index in [4.69, 9.17) is 14.5 Å². The zero-order valence-corrected chi connectivity index (χ0v) is 15.1. The molecule has 25 heavy (non-hydrogen) atoms. The number of nitrogens with one attached hydrogen (secondary N) is 1. The van der Waals surface area contributed by atoms with Crippen LogP contribution in [-0.2, 0) is 23.1 Å². The number of aryl methyl sites for hydroxylation is 1. The Morgan fingerprint density at radius 3 is 2.88 bits per heavy atom. The molecule has 2 atom stereocenters. The van der Waals surface area contributed by atoms with Crippen molar-refractivity contribution in [2.24, 2.45) is 12.0 Å². The summed E-state index contributed by atoms with van der Waals surface area (Å²) in [6.07, 6.45) is 4.32. The van der Waals surface area contributed by atoms with Crippen LogP contribution in [0.4, 0.5) is 0 Å². The van der Waals surface area contributed by atoms with Crippen LogP contribution in [0.15, 0.2) is 17.6 Å². The maximum absolute atomic E-state index is 5.94. The van der Waals surface area contributed by atoms with Gasteiger partial charge in [0.15, 0.2) is 11.8 Å². The highest BCUT2D eigenvalue weighted by atomic mass is 16.5. The topological polar surface area (TPSA) is 76.8 Å². The summed E-state index contributed by atoms with van der Waals surface area (Å²) in [5.41, 5.74) is 0. The van der Waals surface area contributed by atoms with Crippen LogP contribution < -0.4 is 5.32 Å². The van der Waals surface area contributed by atoms with Crippen molar-refractivity contribution in [3.63, 3.8) is 0 Å². The van der Waals surface area contributed by atoms with Gasteiger partial charge in [0, 0.05) is 33.3 Å². The molecule has 2 fully saturated rings. The summed E-state index contributed by atoms with van der Waals surface area (Å²) < 4.78 is 13.7. The van der Waals surface area contributed by atoms with Crippen molar-refractivity contribution in [3.8, 4) is 0 Å². The first-order chi connectivity index (χ1) is 12.2. The number of hydrogen-bond acceptors (Lipinski definition) is 5. The van der Waals surface area contributed by atoms with Crippen molar-refractivity contribution in [2.75, 3.05) is 32.8 Å². The van der Waals surface area contributed by atoms with Crippen molar-refractivity contribution < 1.29 is 9.47 Å². The molecule has 1 aromatic heterocycles. The van der Waals surface area contributed by atoms with Gasteiger partial charge in [-0.25, -0.2) is 4.99 Å². The standard InChI is InChI=1S/C17H28N6O2/c1-4-7-18-17(19-11-16-21-20-13(2)22(16)3)23-8-10-25-15(12-23)14-6-5-9-24-14/h4,14-15H,1,5-12H2,2-3H3,(H,18,19). The Morgan fingerprint density at radius 1 is 1.36 bits per heavy atom. The SMILES string of the molecule is C=CCNC(=NCc1nnc(C)n1C)N1CCOC(C2CCCO2)C1. The average Bonchev–Trinajstić information content (AvgIpc) is 3.27. The van der Waals surface area contributed by atoms with Gasteiger partial charge in [0.25, 0.3) is 0 Å². The molecular weight excluding hydrogens is 320 g/mol. The van der Waals surface area contributed by atoms with Gasteiger partial charge in [-0.1, -0.05) is 6.08 Å². The lowest BCUT2D eigenvalue weighted by atomic mass is 10.1. The quantitative estimate of drug-likeness (QED) is 0.478. The monoisotopic (exact) mass is 348 g/mol. The Bertz CT molecular complexity index is 608. The highest BCUT2D eigenvalue weighted by molar-refractivity contribution is 5.80. The number of guanidine groups is 1. The number of aromatic nitrogens is 3. The maximum Gasteiger partial charge on any atom is 0.194 e. The summed E-state index contributed by atoms with van der Waals surface area (Å²) in [7, 11) is 1.96. The van der Waals surface area contributed by atoms with Gasteiger partial charge in [-0.15, -0.1) is 16.8 Å². The van der Waals surface area contributed by atoms with E-state index in [1.807, 2.05) is 24.6 Å². The molecule has 1 N–H and O–H groups in total. The van der Waals surface area contributed by atoms with Gasteiger partial charge in [-0.2, -0.15) is 0 Å². The number of aliphatic imine (C=N–C) groups is 1. The van der Waals surface area contributed by atoms with E-state index in [9.17, 15) is 0 Å². The van der Waals surface area contributed by atoms with Crippen molar-refractivity contribution in [2.45, 2.75) is 38.5 Å². The van der Waals surface area contributed by atoms with E-state index in [1.165, 1.54) is 0 Å². The molecule has 0 spiro atoms. The molecule has 8 heteroatoms. The summed E-state index contributed by atoms with van der Waals surface area (Å²) in [5.74, 6) is 2.59. The van der Waals surface area contributed by atoms with Crippen LogP contribution in [0.3, 0.4) is 0 Å². The Balaban J connectivity index is 1.69. The summed E-state index contributed by atoms with van der Waals surface area (Å²) in [5, 5.41) is 11.6. The fourth-order valence-corrected chi connectivity index (χ4v) is 3.15. The van der Waals surface area contributed by atoms with Crippen molar-refractivity contribution in [1.29, 1.82) is 0 Å². The lowest BCUT2D eigenvalue weighted by molar-refractivity contribution is -0.0817. The second kappa shape index (κ2) is 8.44. The van der Waals surface area contributed by atoms with Gasteiger partial charge in [-0.3, -0.25) is 0 Å². The normalized spacial score (nSPS) is 24.6. The highest BCUT2D eigenvalue weighted by Gasteiger charge is 2.32.